The molecular formula is C18H15FO4S. The second kappa shape index (κ2) is 6.49. The van der Waals surface area contributed by atoms with Crippen LogP contribution in [0, 0.1) is 12.7 Å². The smallest absolute Gasteiger partial charge is 0.354 e. The van der Waals surface area contributed by atoms with Crippen molar-refractivity contribution in [3.05, 3.63) is 52.7 Å². The minimum absolute atomic E-state index is 0.199. The highest BCUT2D eigenvalue weighted by molar-refractivity contribution is 7.21. The fourth-order valence-corrected chi connectivity index (χ4v) is 3.60. The number of benzene rings is 2. The third kappa shape index (κ3) is 2.69. The normalized spacial score (nSPS) is 10.7. The molecule has 4 nitrogen and oxygen atoms in total. The quantitative estimate of drug-likeness (QED) is 0.512. The Morgan fingerprint density at radius 2 is 1.67 bits per heavy atom. The zero-order valence-electron chi connectivity index (χ0n) is 13.4. The highest BCUT2D eigenvalue weighted by Gasteiger charge is 2.22. The Morgan fingerprint density at radius 1 is 1.04 bits per heavy atom. The topological polar surface area (TPSA) is 44.8 Å². The van der Waals surface area contributed by atoms with Crippen LogP contribution in [0.1, 0.15) is 15.2 Å². The number of ether oxygens (including phenoxy) is 3. The Labute approximate surface area is 142 Å². The van der Waals surface area contributed by atoms with Gasteiger partial charge in [-0.3, -0.25) is 0 Å². The zero-order chi connectivity index (χ0) is 17.3. The van der Waals surface area contributed by atoms with Gasteiger partial charge in [0.1, 0.15) is 10.7 Å². The van der Waals surface area contributed by atoms with E-state index >= 15 is 0 Å². The van der Waals surface area contributed by atoms with Crippen molar-refractivity contribution in [1.82, 2.24) is 0 Å². The summed E-state index contributed by atoms with van der Waals surface area (Å²) in [4.78, 5) is 13.0. The molecule has 0 radical (unpaired) electrons. The Hall–Kier alpha value is -2.60. The Kier molecular flexibility index (Phi) is 4.40. The van der Waals surface area contributed by atoms with Crippen molar-refractivity contribution in [2.24, 2.45) is 0 Å². The average Bonchev–Trinajstić information content (AvgIpc) is 2.93. The number of halogens is 1. The fraction of sp³-hybridized carbons (Fsp3) is 0.167. The van der Waals surface area contributed by atoms with Crippen molar-refractivity contribution >= 4 is 27.4 Å². The van der Waals surface area contributed by atoms with Crippen molar-refractivity contribution in [2.75, 3.05) is 14.2 Å². The van der Waals surface area contributed by atoms with Gasteiger partial charge in [-0.15, -0.1) is 11.3 Å². The van der Waals surface area contributed by atoms with Gasteiger partial charge in [-0.25, -0.2) is 9.18 Å². The molecule has 0 saturated carbocycles. The number of carbonyl (C=O) groups is 1. The summed E-state index contributed by atoms with van der Waals surface area (Å²) >= 11 is 1.20. The van der Waals surface area contributed by atoms with E-state index in [4.69, 9.17) is 14.2 Å². The standard InChI is InChI=1S/C18H15FO4S/c1-10-15-11(19)6-4-9-14(15)24-17(10)18(20)23-16-12(21-2)7-5-8-13(16)22-3/h4-9H,1-3H3. The molecule has 0 atom stereocenters. The highest BCUT2D eigenvalue weighted by atomic mass is 32.1. The summed E-state index contributed by atoms with van der Waals surface area (Å²) in [5.74, 6) is 0.0381. The van der Waals surface area contributed by atoms with Gasteiger partial charge in [-0.1, -0.05) is 12.1 Å². The van der Waals surface area contributed by atoms with Gasteiger partial charge in [0.15, 0.2) is 11.5 Å². The lowest BCUT2D eigenvalue weighted by Gasteiger charge is -2.12. The number of hydrogen-bond acceptors (Lipinski definition) is 5. The largest absolute Gasteiger partial charge is 0.493 e. The number of hydrogen-bond donors (Lipinski definition) is 0. The van der Waals surface area contributed by atoms with Crippen molar-refractivity contribution in [3.8, 4) is 17.2 Å². The number of rotatable bonds is 4. The summed E-state index contributed by atoms with van der Waals surface area (Å²) in [7, 11) is 2.96. The van der Waals surface area contributed by atoms with Crippen LogP contribution in [0.15, 0.2) is 36.4 Å². The number of fused-ring (bicyclic) bond motifs is 1. The first kappa shape index (κ1) is 16.3. The molecule has 0 fully saturated rings. The Morgan fingerprint density at radius 3 is 2.25 bits per heavy atom. The lowest BCUT2D eigenvalue weighted by atomic mass is 10.1. The average molecular weight is 346 g/mol. The molecule has 3 rings (SSSR count). The molecule has 0 spiro atoms. The van der Waals surface area contributed by atoms with Crippen LogP contribution in [0.4, 0.5) is 4.39 Å². The number of carbonyl (C=O) groups excluding carboxylic acids is 1. The van der Waals surface area contributed by atoms with Gasteiger partial charge in [0, 0.05) is 10.1 Å². The molecule has 6 heteroatoms. The molecule has 1 aromatic heterocycles. The Balaban J connectivity index is 2.03. The summed E-state index contributed by atoms with van der Waals surface area (Å²) in [6.45, 7) is 1.71. The zero-order valence-corrected chi connectivity index (χ0v) is 14.2. The lowest BCUT2D eigenvalue weighted by Crippen LogP contribution is -2.09. The van der Waals surface area contributed by atoms with E-state index in [0.29, 0.717) is 32.0 Å². The molecule has 0 aliphatic rings. The molecule has 2 aromatic carbocycles. The predicted molar refractivity (Wildman–Crippen MR) is 91.0 cm³/mol. The summed E-state index contributed by atoms with van der Waals surface area (Å²) in [5.41, 5.74) is 0.562. The maximum Gasteiger partial charge on any atom is 0.354 e. The van der Waals surface area contributed by atoms with E-state index in [1.165, 1.54) is 31.6 Å². The molecule has 0 saturated heterocycles. The van der Waals surface area contributed by atoms with E-state index in [-0.39, 0.29) is 11.6 Å². The van der Waals surface area contributed by atoms with Crippen LogP contribution in [0.5, 0.6) is 17.2 Å². The molecule has 3 aromatic rings. The van der Waals surface area contributed by atoms with Crippen LogP contribution in [-0.2, 0) is 0 Å². The van der Waals surface area contributed by atoms with Crippen molar-refractivity contribution in [1.29, 1.82) is 0 Å². The monoisotopic (exact) mass is 346 g/mol. The summed E-state index contributed by atoms with van der Waals surface area (Å²) in [6.07, 6.45) is 0. The molecule has 1 heterocycles. The van der Waals surface area contributed by atoms with Crippen LogP contribution in [0.3, 0.4) is 0 Å². The van der Waals surface area contributed by atoms with Gasteiger partial charge in [0.2, 0.25) is 5.75 Å². The van der Waals surface area contributed by atoms with E-state index in [0.717, 1.165) is 0 Å². The van der Waals surface area contributed by atoms with Crippen molar-refractivity contribution in [3.63, 3.8) is 0 Å². The van der Waals surface area contributed by atoms with Gasteiger partial charge in [-0.05, 0) is 36.8 Å². The first-order valence-electron chi connectivity index (χ1n) is 7.17. The van der Waals surface area contributed by atoms with Crippen LogP contribution in [0.25, 0.3) is 10.1 Å². The minimum Gasteiger partial charge on any atom is -0.493 e. The van der Waals surface area contributed by atoms with E-state index in [2.05, 4.69) is 0 Å². The van der Waals surface area contributed by atoms with Crippen LogP contribution in [-0.4, -0.2) is 20.2 Å². The van der Waals surface area contributed by atoms with Crippen LogP contribution in [0.2, 0.25) is 0 Å². The number of para-hydroxylation sites is 1. The number of methoxy groups -OCH3 is 2. The van der Waals surface area contributed by atoms with E-state index in [1.54, 1.807) is 37.3 Å². The van der Waals surface area contributed by atoms with Crippen molar-refractivity contribution in [2.45, 2.75) is 6.92 Å². The van der Waals surface area contributed by atoms with Gasteiger partial charge < -0.3 is 14.2 Å². The van der Waals surface area contributed by atoms with E-state index in [9.17, 15) is 9.18 Å². The summed E-state index contributed by atoms with van der Waals surface area (Å²) < 4.78 is 30.6. The van der Waals surface area contributed by atoms with Gasteiger partial charge >= 0.3 is 5.97 Å². The molecule has 124 valence electrons. The summed E-state index contributed by atoms with van der Waals surface area (Å²) in [6, 6.07) is 9.84. The predicted octanol–water partition coefficient (Wildman–Crippen LogP) is 4.59. The van der Waals surface area contributed by atoms with Gasteiger partial charge in [-0.2, -0.15) is 0 Å². The summed E-state index contributed by atoms with van der Waals surface area (Å²) in [5, 5.41) is 0.446. The molecule has 0 unspecified atom stereocenters. The number of aryl methyl sites for hydroxylation is 1. The van der Waals surface area contributed by atoms with Crippen LogP contribution < -0.4 is 14.2 Å². The van der Waals surface area contributed by atoms with Crippen LogP contribution >= 0.6 is 11.3 Å². The number of thiophene rings is 1. The Bertz CT molecular complexity index is 895. The second-order valence-corrected chi connectivity index (χ2v) is 6.10. The SMILES string of the molecule is COc1cccc(OC)c1OC(=O)c1sc2cccc(F)c2c1C. The molecule has 0 aliphatic carbocycles. The maximum absolute atomic E-state index is 14.0. The molecule has 24 heavy (non-hydrogen) atoms. The molecule has 0 amide bonds. The highest BCUT2D eigenvalue weighted by Crippen LogP contribution is 2.39. The first-order chi connectivity index (χ1) is 11.6. The minimum atomic E-state index is -0.573. The number of esters is 1. The van der Waals surface area contributed by atoms with E-state index in [1.807, 2.05) is 0 Å². The first-order valence-corrected chi connectivity index (χ1v) is 7.99. The third-order valence-electron chi connectivity index (χ3n) is 3.67. The fourth-order valence-electron chi connectivity index (χ4n) is 2.50. The molecular weight excluding hydrogens is 331 g/mol. The molecule has 0 aliphatic heterocycles. The maximum atomic E-state index is 14.0. The second-order valence-electron chi connectivity index (χ2n) is 5.05. The van der Waals surface area contributed by atoms with Crippen molar-refractivity contribution < 1.29 is 23.4 Å². The molecule has 0 N–H and O–H groups in total. The van der Waals surface area contributed by atoms with E-state index < -0.39 is 5.97 Å². The lowest BCUT2D eigenvalue weighted by molar-refractivity contribution is 0.0729. The van der Waals surface area contributed by atoms with Gasteiger partial charge in [0.05, 0.1) is 14.2 Å². The van der Waals surface area contributed by atoms with Gasteiger partial charge in [0.25, 0.3) is 0 Å². The molecule has 0 bridgehead atoms. The third-order valence-corrected chi connectivity index (χ3v) is 4.90.